The number of hydrogen-bond acceptors (Lipinski definition) is 5. The summed E-state index contributed by atoms with van der Waals surface area (Å²) in [5.74, 6) is 2.15. The van der Waals surface area contributed by atoms with Crippen molar-refractivity contribution >= 4 is 17.7 Å². The monoisotopic (exact) mass is 379 g/mol. The van der Waals surface area contributed by atoms with E-state index in [-0.39, 0.29) is 5.91 Å². The molecule has 3 rings (SSSR count). The lowest BCUT2D eigenvalue weighted by atomic mass is 10.0. The van der Waals surface area contributed by atoms with Crippen LogP contribution in [0.5, 0.6) is 17.2 Å². The molecule has 144 valence electrons. The van der Waals surface area contributed by atoms with Crippen molar-refractivity contribution in [2.24, 2.45) is 0 Å². The first kappa shape index (κ1) is 19.2. The number of ether oxygens (including phenoxy) is 3. The number of methoxy groups -OCH3 is 3. The zero-order valence-corrected chi connectivity index (χ0v) is 16.9. The van der Waals surface area contributed by atoms with Crippen molar-refractivity contribution in [1.29, 1.82) is 0 Å². The van der Waals surface area contributed by atoms with Gasteiger partial charge in [0.05, 0.1) is 21.3 Å². The molecule has 0 N–H and O–H groups in total. The Hall–Kier alpha value is -1.56. The van der Waals surface area contributed by atoms with Gasteiger partial charge in [0, 0.05) is 23.8 Å². The number of hydrogen-bond donors (Lipinski definition) is 0. The van der Waals surface area contributed by atoms with E-state index in [9.17, 15) is 4.79 Å². The molecule has 0 aromatic heterocycles. The fraction of sp³-hybridized carbons (Fsp3) is 0.650. The fourth-order valence-corrected chi connectivity index (χ4v) is 5.29. The average Bonchev–Trinajstić information content (AvgIpc) is 2.94. The molecular formula is C20H29NO4S. The summed E-state index contributed by atoms with van der Waals surface area (Å²) in [7, 11) is 4.83. The first-order valence-electron chi connectivity index (χ1n) is 9.24. The maximum Gasteiger partial charge on any atom is 0.223 e. The molecule has 0 aliphatic carbocycles. The Kier molecular flexibility index (Phi) is 6.22. The van der Waals surface area contributed by atoms with E-state index in [0.717, 1.165) is 31.2 Å². The number of benzene rings is 1. The van der Waals surface area contributed by atoms with Crippen molar-refractivity contribution in [3.63, 3.8) is 0 Å². The second-order valence-corrected chi connectivity index (χ2v) is 8.15. The number of fused-ring (bicyclic) bond motifs is 2. The van der Waals surface area contributed by atoms with E-state index < -0.39 is 0 Å². The zero-order chi connectivity index (χ0) is 18.7. The van der Waals surface area contributed by atoms with Crippen LogP contribution in [-0.2, 0) is 11.2 Å². The highest BCUT2D eigenvalue weighted by molar-refractivity contribution is 7.99. The molecule has 0 spiro atoms. The molecule has 2 saturated heterocycles. The molecule has 2 aliphatic rings. The van der Waals surface area contributed by atoms with Crippen LogP contribution in [-0.4, -0.2) is 55.7 Å². The van der Waals surface area contributed by atoms with Crippen LogP contribution in [0.25, 0.3) is 0 Å². The molecule has 2 fully saturated rings. The van der Waals surface area contributed by atoms with Gasteiger partial charge in [0.25, 0.3) is 0 Å². The minimum absolute atomic E-state index is 0.272. The highest BCUT2D eigenvalue weighted by Gasteiger charge is 2.42. The lowest BCUT2D eigenvalue weighted by molar-refractivity contribution is -0.135. The summed E-state index contributed by atoms with van der Waals surface area (Å²) < 4.78 is 16.3. The van der Waals surface area contributed by atoms with Gasteiger partial charge in [0.2, 0.25) is 11.7 Å². The van der Waals surface area contributed by atoms with Crippen LogP contribution in [0.1, 0.15) is 37.7 Å². The van der Waals surface area contributed by atoms with E-state index in [1.807, 2.05) is 23.9 Å². The van der Waals surface area contributed by atoms with Crippen molar-refractivity contribution in [1.82, 2.24) is 4.90 Å². The van der Waals surface area contributed by atoms with Gasteiger partial charge < -0.3 is 19.1 Å². The van der Waals surface area contributed by atoms with Gasteiger partial charge in [-0.05, 0) is 50.0 Å². The molecule has 5 nitrogen and oxygen atoms in total. The van der Waals surface area contributed by atoms with Crippen LogP contribution in [0.4, 0.5) is 0 Å². The lowest BCUT2D eigenvalue weighted by Gasteiger charge is -2.38. The summed E-state index contributed by atoms with van der Waals surface area (Å²) >= 11 is 1.95. The Morgan fingerprint density at radius 2 is 1.73 bits per heavy atom. The second kappa shape index (κ2) is 8.42. The highest BCUT2D eigenvalue weighted by Crippen LogP contribution is 2.42. The molecule has 6 heteroatoms. The number of thioether (sulfide) groups is 1. The fourth-order valence-electron chi connectivity index (χ4n) is 4.46. The Morgan fingerprint density at radius 3 is 2.27 bits per heavy atom. The smallest absolute Gasteiger partial charge is 0.223 e. The van der Waals surface area contributed by atoms with Crippen LogP contribution < -0.4 is 14.2 Å². The minimum Gasteiger partial charge on any atom is -0.493 e. The number of carbonyl (C=O) groups is 1. The van der Waals surface area contributed by atoms with Crippen LogP contribution in [0.2, 0.25) is 0 Å². The molecule has 2 aliphatic heterocycles. The second-order valence-electron chi connectivity index (χ2n) is 7.01. The van der Waals surface area contributed by atoms with E-state index >= 15 is 0 Å². The summed E-state index contributed by atoms with van der Waals surface area (Å²) in [6.07, 6.45) is 7.93. The number of rotatable bonds is 7. The molecule has 2 heterocycles. The van der Waals surface area contributed by atoms with E-state index in [4.69, 9.17) is 14.2 Å². The summed E-state index contributed by atoms with van der Waals surface area (Å²) in [4.78, 5) is 15.1. The molecule has 1 amide bonds. The third-order valence-corrected chi connectivity index (χ3v) is 6.76. The van der Waals surface area contributed by atoms with Crippen LogP contribution in [0.15, 0.2) is 12.1 Å². The first-order valence-corrected chi connectivity index (χ1v) is 10.5. The van der Waals surface area contributed by atoms with Gasteiger partial charge in [-0.25, -0.2) is 0 Å². The molecule has 2 bridgehead atoms. The highest BCUT2D eigenvalue weighted by atomic mass is 32.2. The van der Waals surface area contributed by atoms with E-state index in [2.05, 4.69) is 11.2 Å². The molecule has 0 radical (unpaired) electrons. The van der Waals surface area contributed by atoms with Crippen molar-refractivity contribution in [3.8, 4) is 17.2 Å². The molecule has 1 aromatic rings. The van der Waals surface area contributed by atoms with Gasteiger partial charge in [-0.3, -0.25) is 4.79 Å². The number of aryl methyl sites for hydroxylation is 1. The SMILES string of the molecule is COc1ccc(CCC(=O)N2C3CCC2CC(SC)C3)c(OC)c1OC. The maximum absolute atomic E-state index is 12.9. The number of piperidine rings is 1. The van der Waals surface area contributed by atoms with Gasteiger partial charge in [0.1, 0.15) is 0 Å². The predicted octanol–water partition coefficient (Wildman–Crippen LogP) is 3.53. The standard InChI is InChI=1S/C20H29NO4S/c1-23-17-9-5-13(19(24-2)20(17)25-3)6-10-18(22)21-14-7-8-15(21)12-16(11-14)26-4/h5,9,14-16H,6-8,10-12H2,1-4H3. The van der Waals surface area contributed by atoms with Crippen LogP contribution in [0.3, 0.4) is 0 Å². The van der Waals surface area contributed by atoms with Gasteiger partial charge in [-0.2, -0.15) is 11.8 Å². The Bertz CT molecular complexity index is 637. The normalized spacial score (nSPS) is 24.5. The Morgan fingerprint density at radius 1 is 1.08 bits per heavy atom. The molecule has 1 aromatic carbocycles. The van der Waals surface area contributed by atoms with Crippen molar-refractivity contribution < 1.29 is 19.0 Å². The van der Waals surface area contributed by atoms with Gasteiger partial charge >= 0.3 is 0 Å². The van der Waals surface area contributed by atoms with E-state index in [0.29, 0.717) is 47.4 Å². The van der Waals surface area contributed by atoms with Crippen molar-refractivity contribution in [2.45, 2.75) is 55.9 Å². The molecule has 2 atom stereocenters. The van der Waals surface area contributed by atoms with E-state index in [1.165, 1.54) is 0 Å². The predicted molar refractivity (Wildman–Crippen MR) is 105 cm³/mol. The molecule has 26 heavy (non-hydrogen) atoms. The third kappa shape index (κ3) is 3.61. The van der Waals surface area contributed by atoms with Crippen molar-refractivity contribution in [3.05, 3.63) is 17.7 Å². The van der Waals surface area contributed by atoms with Gasteiger partial charge in [-0.15, -0.1) is 0 Å². The topological polar surface area (TPSA) is 48.0 Å². The average molecular weight is 380 g/mol. The number of amides is 1. The number of carbonyl (C=O) groups excluding carboxylic acids is 1. The number of nitrogens with zero attached hydrogens (tertiary/aromatic N) is 1. The molecular weight excluding hydrogens is 350 g/mol. The van der Waals surface area contributed by atoms with E-state index in [1.54, 1.807) is 21.3 Å². The lowest BCUT2D eigenvalue weighted by Crippen LogP contribution is -2.47. The van der Waals surface area contributed by atoms with Crippen LogP contribution >= 0.6 is 11.8 Å². The summed E-state index contributed by atoms with van der Waals surface area (Å²) in [6, 6.07) is 4.70. The van der Waals surface area contributed by atoms with Crippen molar-refractivity contribution in [2.75, 3.05) is 27.6 Å². The Balaban J connectivity index is 1.69. The quantitative estimate of drug-likeness (QED) is 0.725. The zero-order valence-electron chi connectivity index (χ0n) is 16.1. The molecule has 0 saturated carbocycles. The molecule has 2 unspecified atom stereocenters. The largest absolute Gasteiger partial charge is 0.493 e. The minimum atomic E-state index is 0.272. The first-order chi connectivity index (χ1) is 12.6. The maximum atomic E-state index is 12.9. The van der Waals surface area contributed by atoms with Gasteiger partial charge in [-0.1, -0.05) is 6.07 Å². The summed E-state index contributed by atoms with van der Waals surface area (Å²) in [5, 5.41) is 0.711. The van der Waals surface area contributed by atoms with Crippen LogP contribution in [0, 0.1) is 0 Å². The Labute approximate surface area is 160 Å². The summed E-state index contributed by atoms with van der Waals surface area (Å²) in [5.41, 5.74) is 0.977. The third-order valence-electron chi connectivity index (χ3n) is 5.71. The summed E-state index contributed by atoms with van der Waals surface area (Å²) in [6.45, 7) is 0. The van der Waals surface area contributed by atoms with Gasteiger partial charge in [0.15, 0.2) is 11.5 Å².